The van der Waals surface area contributed by atoms with Crippen LogP contribution in [-0.2, 0) is 4.79 Å². The third-order valence-corrected chi connectivity index (χ3v) is 1.58. The van der Waals surface area contributed by atoms with Gasteiger partial charge in [-0.15, -0.1) is 13.2 Å². The fraction of sp³-hybridized carbons (Fsp3) is 0.182. The normalized spacial score (nSPS) is 10.4. The van der Waals surface area contributed by atoms with Gasteiger partial charge >= 0.3 is 6.36 Å². The van der Waals surface area contributed by atoms with Crippen LogP contribution in [-0.4, -0.2) is 12.6 Å². The average Bonchev–Trinajstić information content (AvgIpc) is 2.21. The van der Waals surface area contributed by atoms with E-state index in [1.165, 1.54) is 6.07 Å². The number of carbonyl (C=O) groups excluding carboxylic acids is 1. The molecular formula is C11H6F4O2. The summed E-state index contributed by atoms with van der Waals surface area (Å²) in [7, 11) is 0. The Hall–Kier alpha value is -2.03. The molecule has 0 saturated carbocycles. The summed E-state index contributed by atoms with van der Waals surface area (Å²) in [5.74, 6) is 2.73. The highest BCUT2D eigenvalue weighted by Crippen LogP contribution is 2.25. The number of hydrogen-bond donors (Lipinski definition) is 0. The van der Waals surface area contributed by atoms with E-state index in [1.807, 2.05) is 0 Å². The third kappa shape index (κ3) is 4.55. The van der Waals surface area contributed by atoms with Crippen LogP contribution < -0.4 is 4.74 Å². The van der Waals surface area contributed by atoms with Gasteiger partial charge in [-0.1, -0.05) is 11.8 Å². The minimum Gasteiger partial charge on any atom is -0.403 e. The molecule has 0 heterocycles. The van der Waals surface area contributed by atoms with Gasteiger partial charge in [0.1, 0.15) is 6.29 Å². The Balaban J connectivity index is 2.87. The van der Waals surface area contributed by atoms with Crippen LogP contribution in [0.15, 0.2) is 18.2 Å². The van der Waals surface area contributed by atoms with E-state index in [4.69, 9.17) is 0 Å². The molecule has 0 spiro atoms. The van der Waals surface area contributed by atoms with Crippen LogP contribution in [0.25, 0.3) is 0 Å². The highest BCUT2D eigenvalue weighted by atomic mass is 19.4. The molecule has 1 aromatic rings. The maximum absolute atomic E-state index is 13.1. The lowest BCUT2D eigenvalue weighted by atomic mass is 10.2. The van der Waals surface area contributed by atoms with Gasteiger partial charge in [0.2, 0.25) is 0 Å². The summed E-state index contributed by atoms with van der Waals surface area (Å²) in [5.41, 5.74) is 0.166. The molecule has 0 unspecified atom stereocenters. The van der Waals surface area contributed by atoms with Gasteiger partial charge in [0, 0.05) is 5.56 Å². The van der Waals surface area contributed by atoms with Crippen LogP contribution in [0.5, 0.6) is 5.75 Å². The number of benzene rings is 1. The predicted octanol–water partition coefficient (Wildman–Crippen LogP) is 2.66. The summed E-state index contributed by atoms with van der Waals surface area (Å²) in [6, 6.07) is 2.80. The lowest BCUT2D eigenvalue weighted by molar-refractivity contribution is -0.275. The largest absolute Gasteiger partial charge is 0.573 e. The zero-order valence-corrected chi connectivity index (χ0v) is 8.34. The van der Waals surface area contributed by atoms with Gasteiger partial charge in [0.05, 0.1) is 6.42 Å². The van der Waals surface area contributed by atoms with E-state index < -0.39 is 17.9 Å². The smallest absolute Gasteiger partial charge is 0.403 e. The molecule has 17 heavy (non-hydrogen) atoms. The highest BCUT2D eigenvalue weighted by Gasteiger charge is 2.32. The molecule has 0 aliphatic carbocycles. The van der Waals surface area contributed by atoms with Crippen molar-refractivity contribution in [3.8, 4) is 17.6 Å². The number of halogens is 4. The Labute approximate surface area is 94.2 Å². The zero-order valence-electron chi connectivity index (χ0n) is 8.34. The molecule has 90 valence electrons. The lowest BCUT2D eigenvalue weighted by Crippen LogP contribution is -2.17. The number of ether oxygens (including phenoxy) is 1. The molecule has 0 aromatic heterocycles. The molecule has 0 atom stereocenters. The predicted molar refractivity (Wildman–Crippen MR) is 50.6 cm³/mol. The van der Waals surface area contributed by atoms with Crippen molar-refractivity contribution < 1.29 is 27.1 Å². The summed E-state index contributed by atoms with van der Waals surface area (Å²) in [5, 5.41) is 0. The summed E-state index contributed by atoms with van der Waals surface area (Å²) in [4.78, 5) is 9.95. The van der Waals surface area contributed by atoms with Crippen molar-refractivity contribution in [1.29, 1.82) is 0 Å². The van der Waals surface area contributed by atoms with Crippen molar-refractivity contribution in [2.24, 2.45) is 0 Å². The second-order valence-electron chi connectivity index (χ2n) is 2.87. The van der Waals surface area contributed by atoms with E-state index in [2.05, 4.69) is 16.6 Å². The second kappa shape index (κ2) is 5.34. The molecule has 0 bridgehead atoms. The average molecular weight is 246 g/mol. The highest BCUT2D eigenvalue weighted by molar-refractivity contribution is 5.55. The fourth-order valence-electron chi connectivity index (χ4n) is 0.981. The van der Waals surface area contributed by atoms with E-state index in [0.717, 1.165) is 12.1 Å². The summed E-state index contributed by atoms with van der Waals surface area (Å²) >= 11 is 0. The minimum absolute atomic E-state index is 0.0254. The van der Waals surface area contributed by atoms with Gasteiger partial charge in [-0.05, 0) is 18.2 Å². The molecule has 1 rings (SSSR count). The Kier molecular flexibility index (Phi) is 4.10. The molecule has 0 aliphatic rings. The quantitative estimate of drug-likeness (QED) is 0.455. The zero-order chi connectivity index (χ0) is 12.9. The molecule has 6 heteroatoms. The molecule has 0 fully saturated rings. The lowest BCUT2D eigenvalue weighted by Gasteiger charge is -2.09. The van der Waals surface area contributed by atoms with Gasteiger partial charge in [0.25, 0.3) is 0 Å². The Morgan fingerprint density at radius 3 is 2.59 bits per heavy atom. The van der Waals surface area contributed by atoms with Crippen molar-refractivity contribution in [2.45, 2.75) is 12.8 Å². The first kappa shape index (κ1) is 13.0. The molecule has 1 aromatic carbocycles. The van der Waals surface area contributed by atoms with Crippen molar-refractivity contribution in [3.63, 3.8) is 0 Å². The van der Waals surface area contributed by atoms with Crippen molar-refractivity contribution in [2.75, 3.05) is 0 Å². The molecule has 0 amide bonds. The molecule has 0 radical (unpaired) electrons. The number of alkyl halides is 3. The van der Waals surface area contributed by atoms with Crippen molar-refractivity contribution in [1.82, 2.24) is 0 Å². The monoisotopic (exact) mass is 246 g/mol. The standard InChI is InChI=1S/C11H6F4O2/c12-9-7-8(3-1-2-6-16)4-5-10(9)17-11(13,14)15/h4-7H,2H2. The number of rotatable bonds is 2. The number of carbonyl (C=O) groups is 1. The van der Waals surface area contributed by atoms with Crippen LogP contribution in [0.3, 0.4) is 0 Å². The van der Waals surface area contributed by atoms with Gasteiger partial charge in [-0.2, -0.15) is 0 Å². The molecule has 0 N–H and O–H groups in total. The van der Waals surface area contributed by atoms with E-state index in [0.29, 0.717) is 6.29 Å². The van der Waals surface area contributed by atoms with Gasteiger partial charge < -0.3 is 9.53 Å². The molecular weight excluding hydrogens is 240 g/mol. The van der Waals surface area contributed by atoms with E-state index in [9.17, 15) is 22.4 Å². The van der Waals surface area contributed by atoms with E-state index in [-0.39, 0.29) is 12.0 Å². The summed E-state index contributed by atoms with van der Waals surface area (Å²) in [6.45, 7) is 0. The molecule has 2 nitrogen and oxygen atoms in total. The van der Waals surface area contributed by atoms with Crippen LogP contribution >= 0.6 is 0 Å². The van der Waals surface area contributed by atoms with Crippen molar-refractivity contribution in [3.05, 3.63) is 29.6 Å². The van der Waals surface area contributed by atoms with E-state index in [1.54, 1.807) is 0 Å². The molecule has 0 saturated heterocycles. The topological polar surface area (TPSA) is 26.3 Å². The van der Waals surface area contributed by atoms with Crippen LogP contribution in [0.2, 0.25) is 0 Å². The van der Waals surface area contributed by atoms with E-state index >= 15 is 0 Å². The Morgan fingerprint density at radius 1 is 1.35 bits per heavy atom. The third-order valence-electron chi connectivity index (χ3n) is 1.58. The second-order valence-corrected chi connectivity index (χ2v) is 2.87. The first-order valence-electron chi connectivity index (χ1n) is 4.40. The minimum atomic E-state index is -4.94. The summed E-state index contributed by atoms with van der Waals surface area (Å²) < 4.78 is 52.0. The van der Waals surface area contributed by atoms with Crippen LogP contribution in [0.4, 0.5) is 17.6 Å². The Bertz CT molecular complexity index is 469. The Morgan fingerprint density at radius 2 is 2.06 bits per heavy atom. The van der Waals surface area contributed by atoms with Crippen LogP contribution in [0, 0.1) is 17.7 Å². The van der Waals surface area contributed by atoms with Gasteiger partial charge in [-0.25, -0.2) is 4.39 Å². The number of aldehydes is 1. The first-order valence-corrected chi connectivity index (χ1v) is 4.40. The molecule has 0 aliphatic heterocycles. The maximum Gasteiger partial charge on any atom is 0.573 e. The number of hydrogen-bond acceptors (Lipinski definition) is 2. The van der Waals surface area contributed by atoms with Gasteiger partial charge in [0.15, 0.2) is 11.6 Å². The van der Waals surface area contributed by atoms with Crippen LogP contribution in [0.1, 0.15) is 12.0 Å². The maximum atomic E-state index is 13.1. The fourth-order valence-corrected chi connectivity index (χ4v) is 0.981. The first-order chi connectivity index (χ1) is 7.92. The van der Waals surface area contributed by atoms with Gasteiger partial charge in [-0.3, -0.25) is 0 Å². The van der Waals surface area contributed by atoms with Crippen molar-refractivity contribution >= 4 is 6.29 Å². The summed E-state index contributed by atoms with van der Waals surface area (Å²) in [6.07, 6.45) is -4.40. The SMILES string of the molecule is O=CCC#Cc1ccc(OC(F)(F)F)c(F)c1.